The summed E-state index contributed by atoms with van der Waals surface area (Å²) >= 11 is 0. The average molecular weight is 399 g/mol. The number of aromatic nitrogens is 2. The highest BCUT2D eigenvalue weighted by Gasteiger charge is 2.33. The number of aryl methyl sites for hydroxylation is 2. The molecule has 152 valence electrons. The molecule has 2 aromatic rings. The first kappa shape index (κ1) is 19.4. The number of hydrogen-bond donors (Lipinski definition) is 2. The van der Waals surface area contributed by atoms with E-state index in [0.29, 0.717) is 17.7 Å². The van der Waals surface area contributed by atoms with Crippen molar-refractivity contribution in [2.45, 2.75) is 25.7 Å². The lowest BCUT2D eigenvalue weighted by Gasteiger charge is -2.10. The summed E-state index contributed by atoms with van der Waals surface area (Å²) in [5.41, 5.74) is 7.91. The number of rotatable bonds is 6. The number of hydrogen-bond acceptors (Lipinski definition) is 3. The maximum atomic E-state index is 13.4. The molecule has 1 aromatic carbocycles. The Balaban J connectivity index is 1.44. The fourth-order valence-electron chi connectivity index (χ4n) is 3.82. The lowest BCUT2D eigenvalue weighted by molar-refractivity contribution is -0.509. The van der Waals surface area contributed by atoms with E-state index in [1.807, 2.05) is 6.07 Å². The van der Waals surface area contributed by atoms with Crippen LogP contribution in [0.25, 0.3) is 11.1 Å². The zero-order valence-electron chi connectivity index (χ0n) is 16.5. The summed E-state index contributed by atoms with van der Waals surface area (Å²) < 4.78 is 30.3. The third-order valence-electron chi connectivity index (χ3n) is 5.30. The molecule has 0 atom stereocenters. The fourth-order valence-corrected chi connectivity index (χ4v) is 3.82. The second kappa shape index (κ2) is 8.24. The van der Waals surface area contributed by atoms with E-state index in [9.17, 15) is 8.78 Å². The minimum Gasteiger partial charge on any atom is -0.312 e. The Hall–Kier alpha value is -2.87. The van der Waals surface area contributed by atoms with E-state index in [4.69, 9.17) is 4.99 Å². The standard InChI is InChI=1S/C21H25F2N6/c1-28-13-15(11-26-28)17-10-14(5-6-16(17)20(22)23)4-3-8-25-21-18-12-24-9-7-19(18)29(2)27-21/h5-6,10-11,13,20,24H,2-4,7-9,12H2,1H3,(H,25,27)/q+1. The Kier molecular flexibility index (Phi) is 5.53. The average Bonchev–Trinajstić information content (AvgIpc) is 3.29. The van der Waals surface area contributed by atoms with Gasteiger partial charge in [-0.1, -0.05) is 22.9 Å². The molecule has 2 aliphatic heterocycles. The molecule has 8 heteroatoms. The van der Waals surface area contributed by atoms with E-state index in [1.165, 1.54) is 17.3 Å². The smallest absolute Gasteiger partial charge is 0.264 e. The number of halogens is 2. The number of nitrogens with one attached hydrogen (secondary N) is 2. The van der Waals surface area contributed by atoms with Gasteiger partial charge in [-0.25, -0.2) is 8.78 Å². The lowest BCUT2D eigenvalue weighted by Crippen LogP contribution is -2.27. The lowest BCUT2D eigenvalue weighted by atomic mass is 9.98. The second-order valence-corrected chi connectivity index (χ2v) is 7.35. The summed E-state index contributed by atoms with van der Waals surface area (Å²) in [5, 5.41) is 7.47. The van der Waals surface area contributed by atoms with Gasteiger partial charge >= 0.3 is 0 Å². The van der Waals surface area contributed by atoms with Crippen LogP contribution in [0.5, 0.6) is 0 Å². The molecule has 2 N–H and O–H groups in total. The number of nitrogens with zero attached hydrogens (tertiary/aromatic N) is 4. The summed E-state index contributed by atoms with van der Waals surface area (Å²) in [7, 11) is 1.78. The number of benzene rings is 1. The van der Waals surface area contributed by atoms with E-state index in [-0.39, 0.29) is 5.56 Å². The van der Waals surface area contributed by atoms with Gasteiger partial charge in [0.25, 0.3) is 6.43 Å². The first-order valence-corrected chi connectivity index (χ1v) is 9.78. The molecule has 3 heterocycles. The predicted molar refractivity (Wildman–Crippen MR) is 109 cm³/mol. The number of aliphatic imine (C=N–C) groups is 1. The van der Waals surface area contributed by atoms with Gasteiger partial charge in [-0.2, -0.15) is 5.10 Å². The van der Waals surface area contributed by atoms with E-state index >= 15 is 0 Å². The Morgan fingerprint density at radius 3 is 3.00 bits per heavy atom. The normalized spacial score (nSPS) is 17.9. The van der Waals surface area contributed by atoms with Crippen LogP contribution in [0.15, 0.2) is 46.9 Å². The zero-order valence-corrected chi connectivity index (χ0v) is 16.5. The quantitative estimate of drug-likeness (QED) is 0.580. The summed E-state index contributed by atoms with van der Waals surface area (Å²) in [4.78, 5) is 4.70. The van der Waals surface area contributed by atoms with Crippen molar-refractivity contribution in [1.82, 2.24) is 20.5 Å². The molecule has 0 aliphatic carbocycles. The van der Waals surface area contributed by atoms with Crippen molar-refractivity contribution in [3.8, 4) is 11.1 Å². The summed E-state index contributed by atoms with van der Waals surface area (Å²) in [5.74, 6) is 0.881. The van der Waals surface area contributed by atoms with Crippen molar-refractivity contribution in [2.75, 3.05) is 19.6 Å². The van der Waals surface area contributed by atoms with Gasteiger partial charge in [-0.3, -0.25) is 9.67 Å². The van der Waals surface area contributed by atoms with E-state index in [1.54, 1.807) is 34.9 Å². The molecule has 0 radical (unpaired) electrons. The predicted octanol–water partition coefficient (Wildman–Crippen LogP) is 2.83. The van der Waals surface area contributed by atoms with Crippen LogP contribution in [0.3, 0.4) is 0 Å². The maximum Gasteiger partial charge on any atom is 0.264 e. The highest BCUT2D eigenvalue weighted by atomic mass is 19.3. The molecule has 4 rings (SSSR count). The van der Waals surface area contributed by atoms with Gasteiger partial charge in [0, 0.05) is 50.4 Å². The first-order valence-electron chi connectivity index (χ1n) is 9.78. The van der Waals surface area contributed by atoms with Gasteiger partial charge in [0.2, 0.25) is 5.70 Å². The molecule has 6 nitrogen and oxygen atoms in total. The molecule has 1 aromatic heterocycles. The highest BCUT2D eigenvalue weighted by Crippen LogP contribution is 2.32. The van der Waals surface area contributed by atoms with Gasteiger partial charge < -0.3 is 5.32 Å². The van der Waals surface area contributed by atoms with Crippen molar-refractivity contribution < 1.29 is 13.5 Å². The molecule has 0 amide bonds. The van der Waals surface area contributed by atoms with Gasteiger partial charge in [0.15, 0.2) is 12.6 Å². The number of hydrazone groups is 1. The van der Waals surface area contributed by atoms with Gasteiger partial charge in [-0.15, -0.1) is 5.43 Å². The van der Waals surface area contributed by atoms with Crippen molar-refractivity contribution in [2.24, 2.45) is 12.0 Å². The van der Waals surface area contributed by atoms with Crippen LogP contribution in [0.1, 0.15) is 30.4 Å². The molecule has 29 heavy (non-hydrogen) atoms. The second-order valence-electron chi connectivity index (χ2n) is 7.35. The highest BCUT2D eigenvalue weighted by molar-refractivity contribution is 6.00. The molecule has 0 spiro atoms. The number of hydrazine groups is 1. The van der Waals surface area contributed by atoms with Crippen LogP contribution in [0, 0.1) is 0 Å². The third kappa shape index (κ3) is 4.12. The monoisotopic (exact) mass is 399 g/mol. The molecule has 2 aliphatic rings. The topological polar surface area (TPSA) is 57.2 Å². The summed E-state index contributed by atoms with van der Waals surface area (Å²) in [6, 6.07) is 5.16. The Bertz CT molecular complexity index is 989. The summed E-state index contributed by atoms with van der Waals surface area (Å²) in [6.07, 6.45) is 3.41. The van der Waals surface area contributed by atoms with E-state index in [2.05, 4.69) is 22.6 Å². The number of amidine groups is 1. The Morgan fingerprint density at radius 2 is 2.24 bits per heavy atom. The zero-order chi connectivity index (χ0) is 20.4. The Morgan fingerprint density at radius 1 is 1.38 bits per heavy atom. The Labute approximate surface area is 168 Å². The molecule has 0 unspecified atom stereocenters. The molecule has 0 bridgehead atoms. The van der Waals surface area contributed by atoms with Gasteiger partial charge in [-0.05, 0) is 24.0 Å². The minimum atomic E-state index is -2.52. The van der Waals surface area contributed by atoms with Crippen molar-refractivity contribution in [3.63, 3.8) is 0 Å². The van der Waals surface area contributed by atoms with Crippen LogP contribution < -0.4 is 10.7 Å². The van der Waals surface area contributed by atoms with Crippen molar-refractivity contribution in [3.05, 3.63) is 53.0 Å². The van der Waals surface area contributed by atoms with Gasteiger partial charge in [0.1, 0.15) is 0 Å². The van der Waals surface area contributed by atoms with Crippen LogP contribution >= 0.6 is 0 Å². The first-order chi connectivity index (χ1) is 14.0. The molecular formula is C21H25F2N6+. The van der Waals surface area contributed by atoms with Crippen LogP contribution in [0.2, 0.25) is 0 Å². The van der Waals surface area contributed by atoms with E-state index < -0.39 is 6.43 Å². The third-order valence-corrected chi connectivity index (χ3v) is 5.30. The summed E-state index contributed by atoms with van der Waals surface area (Å²) in [6.45, 7) is 6.41. The van der Waals surface area contributed by atoms with Crippen LogP contribution in [-0.2, 0) is 13.5 Å². The molecule has 0 saturated heterocycles. The van der Waals surface area contributed by atoms with Gasteiger partial charge in [0.05, 0.1) is 11.8 Å². The maximum absolute atomic E-state index is 13.4. The fraction of sp³-hybridized carbons (Fsp3) is 0.381. The SMILES string of the molecule is C=[N+]1NC(=NCCCc2ccc(C(F)F)c(-c3cnn(C)c3)c2)C2=C1CCNC2. The van der Waals surface area contributed by atoms with Crippen LogP contribution in [0.4, 0.5) is 8.78 Å². The number of alkyl halides is 2. The van der Waals surface area contributed by atoms with Crippen molar-refractivity contribution in [1.29, 1.82) is 0 Å². The minimum absolute atomic E-state index is 0.0388. The van der Waals surface area contributed by atoms with Crippen LogP contribution in [-0.4, -0.2) is 46.7 Å². The molecular weight excluding hydrogens is 374 g/mol. The van der Waals surface area contributed by atoms with Crippen molar-refractivity contribution >= 4 is 12.6 Å². The largest absolute Gasteiger partial charge is 0.312 e. The van der Waals surface area contributed by atoms with E-state index in [0.717, 1.165) is 43.8 Å². The molecule has 0 saturated carbocycles. The molecule has 0 fully saturated rings.